The molecular formula is C27H20O4. The van der Waals surface area contributed by atoms with Crippen molar-refractivity contribution in [3.63, 3.8) is 0 Å². The van der Waals surface area contributed by atoms with Gasteiger partial charge in [-0.15, -0.1) is 0 Å². The maximum atomic E-state index is 13.2. The van der Waals surface area contributed by atoms with Gasteiger partial charge in [0.15, 0.2) is 0 Å². The Kier molecular flexibility index (Phi) is 4.75. The first kappa shape index (κ1) is 19.1. The molecule has 0 unspecified atom stereocenters. The van der Waals surface area contributed by atoms with Crippen LogP contribution in [-0.4, -0.2) is 23.1 Å². The maximum Gasteiger partial charge on any atom is 0.345 e. The van der Waals surface area contributed by atoms with Crippen LogP contribution in [0.4, 0.5) is 0 Å². The molecule has 0 aromatic heterocycles. The van der Waals surface area contributed by atoms with Gasteiger partial charge in [0.2, 0.25) is 6.10 Å². The predicted octanol–water partition coefficient (Wildman–Crippen LogP) is 5.19. The van der Waals surface area contributed by atoms with E-state index < -0.39 is 24.0 Å². The van der Waals surface area contributed by atoms with Crippen molar-refractivity contribution < 1.29 is 19.4 Å². The Morgan fingerprint density at radius 2 is 1.35 bits per heavy atom. The van der Waals surface area contributed by atoms with Gasteiger partial charge in [-0.05, 0) is 38.6 Å². The van der Waals surface area contributed by atoms with Gasteiger partial charge in [0.1, 0.15) is 5.92 Å². The number of benzene rings is 4. The van der Waals surface area contributed by atoms with Gasteiger partial charge < -0.3 is 9.84 Å². The molecule has 5 rings (SSSR count). The molecule has 4 aromatic rings. The van der Waals surface area contributed by atoms with Crippen molar-refractivity contribution in [3.8, 4) is 11.1 Å². The van der Waals surface area contributed by atoms with Crippen LogP contribution in [0.2, 0.25) is 0 Å². The van der Waals surface area contributed by atoms with E-state index in [9.17, 15) is 14.7 Å². The molecule has 0 aliphatic heterocycles. The third-order valence-corrected chi connectivity index (χ3v) is 5.84. The molecule has 4 nitrogen and oxygen atoms in total. The predicted molar refractivity (Wildman–Crippen MR) is 119 cm³/mol. The summed E-state index contributed by atoms with van der Waals surface area (Å²) in [6, 6.07) is 29.1. The molecule has 0 spiro atoms. The van der Waals surface area contributed by atoms with Crippen LogP contribution in [-0.2, 0) is 20.7 Å². The van der Waals surface area contributed by atoms with Crippen molar-refractivity contribution in [1.29, 1.82) is 0 Å². The zero-order chi connectivity index (χ0) is 21.4. The number of fused-ring (bicyclic) bond motifs is 4. The highest BCUT2D eigenvalue weighted by Gasteiger charge is 2.36. The Hall–Kier alpha value is -3.92. The molecule has 0 radical (unpaired) electrons. The third kappa shape index (κ3) is 3.46. The Bertz CT molecular complexity index is 1260. The first-order valence-corrected chi connectivity index (χ1v) is 10.2. The molecule has 0 fully saturated rings. The summed E-state index contributed by atoms with van der Waals surface area (Å²) >= 11 is 0. The molecule has 1 N–H and O–H groups in total. The van der Waals surface area contributed by atoms with Crippen LogP contribution in [0.1, 0.15) is 22.6 Å². The number of hydrogen-bond donors (Lipinski definition) is 1. The monoisotopic (exact) mass is 408 g/mol. The summed E-state index contributed by atoms with van der Waals surface area (Å²) in [7, 11) is 0. The summed E-state index contributed by atoms with van der Waals surface area (Å²) in [5.74, 6) is -2.31. The Morgan fingerprint density at radius 1 is 0.774 bits per heavy atom. The molecular weight excluding hydrogens is 388 g/mol. The highest BCUT2D eigenvalue weighted by atomic mass is 16.6. The number of carbonyl (C=O) groups excluding carboxylic acids is 1. The lowest BCUT2D eigenvalue weighted by atomic mass is 9.97. The van der Waals surface area contributed by atoms with E-state index >= 15 is 0 Å². The van der Waals surface area contributed by atoms with E-state index in [0.717, 1.165) is 38.6 Å². The standard InChI is InChI=1S/C27H20O4/c28-26(29)24(16-17-13-14-18-7-1-2-8-19(18)15-17)31-27(30)25-22-11-5-3-9-20(22)21-10-4-6-12-23(21)25/h1-15,24-25H,16H2,(H,28,29)/t24-/m1/s1. The maximum absolute atomic E-state index is 13.2. The number of carbonyl (C=O) groups is 2. The van der Waals surface area contributed by atoms with Crippen molar-refractivity contribution in [1.82, 2.24) is 0 Å². The average Bonchev–Trinajstić information content (AvgIpc) is 3.13. The number of esters is 1. The summed E-state index contributed by atoms with van der Waals surface area (Å²) in [6.07, 6.45) is -1.14. The Labute approximate surface area is 179 Å². The van der Waals surface area contributed by atoms with Crippen LogP contribution < -0.4 is 0 Å². The zero-order valence-corrected chi connectivity index (χ0v) is 16.7. The first-order chi connectivity index (χ1) is 15.1. The smallest absolute Gasteiger partial charge is 0.345 e. The van der Waals surface area contributed by atoms with Crippen molar-refractivity contribution >= 4 is 22.7 Å². The molecule has 1 aliphatic carbocycles. The van der Waals surface area contributed by atoms with E-state index in [-0.39, 0.29) is 6.42 Å². The van der Waals surface area contributed by atoms with Crippen LogP contribution in [0.5, 0.6) is 0 Å². The first-order valence-electron chi connectivity index (χ1n) is 10.2. The van der Waals surface area contributed by atoms with Crippen molar-refractivity contribution in [3.05, 3.63) is 108 Å². The minimum absolute atomic E-state index is 0.113. The van der Waals surface area contributed by atoms with Crippen molar-refractivity contribution in [2.75, 3.05) is 0 Å². The second kappa shape index (κ2) is 7.73. The third-order valence-electron chi connectivity index (χ3n) is 5.84. The molecule has 1 aliphatic rings. The molecule has 1 atom stereocenters. The summed E-state index contributed by atoms with van der Waals surface area (Å²) in [6.45, 7) is 0. The van der Waals surface area contributed by atoms with Gasteiger partial charge >= 0.3 is 11.9 Å². The molecule has 0 saturated heterocycles. The SMILES string of the molecule is O=C(O[C@H](Cc1ccc2ccccc2c1)C(=O)O)C1c2ccccc2-c2ccccc21. The van der Waals surface area contributed by atoms with Crippen molar-refractivity contribution in [2.45, 2.75) is 18.4 Å². The molecule has 0 amide bonds. The minimum atomic E-state index is -1.26. The number of rotatable bonds is 5. The van der Waals surface area contributed by atoms with E-state index in [1.54, 1.807) is 0 Å². The van der Waals surface area contributed by atoms with E-state index in [4.69, 9.17) is 4.74 Å². The Morgan fingerprint density at radius 3 is 2.00 bits per heavy atom. The normalized spacial score (nSPS) is 13.4. The fourth-order valence-corrected chi connectivity index (χ4v) is 4.38. The summed E-state index contributed by atoms with van der Waals surface area (Å²) < 4.78 is 5.59. The number of carboxylic acids is 1. The van der Waals surface area contributed by atoms with Gasteiger partial charge in [-0.25, -0.2) is 4.79 Å². The minimum Gasteiger partial charge on any atom is -0.478 e. The molecule has 4 heteroatoms. The van der Waals surface area contributed by atoms with Gasteiger partial charge in [0.05, 0.1) is 0 Å². The van der Waals surface area contributed by atoms with Gasteiger partial charge in [0, 0.05) is 6.42 Å². The molecule has 0 heterocycles. The van der Waals surface area contributed by atoms with Gasteiger partial charge in [-0.1, -0.05) is 91.0 Å². The number of aliphatic carboxylic acids is 1. The lowest BCUT2D eigenvalue weighted by molar-refractivity contribution is -0.164. The van der Waals surface area contributed by atoms with E-state index in [2.05, 4.69) is 0 Å². The fraction of sp³-hybridized carbons (Fsp3) is 0.111. The van der Waals surface area contributed by atoms with E-state index in [1.165, 1.54) is 0 Å². The average molecular weight is 408 g/mol. The van der Waals surface area contributed by atoms with Gasteiger partial charge in [-0.2, -0.15) is 0 Å². The van der Waals surface area contributed by atoms with E-state index in [0.29, 0.717) is 0 Å². The molecule has 0 saturated carbocycles. The molecule has 152 valence electrons. The van der Waals surface area contributed by atoms with Crippen molar-refractivity contribution in [2.24, 2.45) is 0 Å². The van der Waals surface area contributed by atoms with Gasteiger partial charge in [0.25, 0.3) is 0 Å². The van der Waals surface area contributed by atoms with Crippen LogP contribution >= 0.6 is 0 Å². The lowest BCUT2D eigenvalue weighted by Crippen LogP contribution is -2.31. The lowest BCUT2D eigenvalue weighted by Gasteiger charge is -2.18. The summed E-state index contributed by atoms with van der Waals surface area (Å²) in [4.78, 5) is 25.1. The van der Waals surface area contributed by atoms with Gasteiger partial charge in [-0.3, -0.25) is 4.79 Å². The van der Waals surface area contributed by atoms with Crippen LogP contribution in [0.25, 0.3) is 21.9 Å². The highest BCUT2D eigenvalue weighted by molar-refractivity contribution is 5.94. The molecule has 4 aromatic carbocycles. The number of hydrogen-bond acceptors (Lipinski definition) is 3. The number of ether oxygens (including phenoxy) is 1. The summed E-state index contributed by atoms with van der Waals surface area (Å²) in [5, 5.41) is 11.9. The van der Waals surface area contributed by atoms with Crippen LogP contribution in [0.3, 0.4) is 0 Å². The number of carboxylic acid groups (broad SMARTS) is 1. The van der Waals surface area contributed by atoms with Crippen LogP contribution in [0.15, 0.2) is 91.0 Å². The molecule has 31 heavy (non-hydrogen) atoms. The largest absolute Gasteiger partial charge is 0.478 e. The second-order valence-electron chi connectivity index (χ2n) is 7.76. The second-order valence-corrected chi connectivity index (χ2v) is 7.76. The Balaban J connectivity index is 1.43. The molecule has 0 bridgehead atoms. The topological polar surface area (TPSA) is 63.6 Å². The van der Waals surface area contributed by atoms with Crippen LogP contribution in [0, 0.1) is 0 Å². The zero-order valence-electron chi connectivity index (χ0n) is 16.7. The van der Waals surface area contributed by atoms with E-state index in [1.807, 2.05) is 91.0 Å². The fourth-order valence-electron chi connectivity index (χ4n) is 4.38. The summed E-state index contributed by atoms with van der Waals surface area (Å²) in [5.41, 5.74) is 4.49. The highest BCUT2D eigenvalue weighted by Crippen LogP contribution is 2.45. The quantitative estimate of drug-likeness (QED) is 0.462.